The van der Waals surface area contributed by atoms with Gasteiger partial charge in [0.1, 0.15) is 10.1 Å². The number of carbonyl (C=O) groups excluding carboxylic acids is 2. The summed E-state index contributed by atoms with van der Waals surface area (Å²) >= 11 is 15.2. The number of thioether (sulfide) groups is 2. The summed E-state index contributed by atoms with van der Waals surface area (Å²) in [5.41, 5.74) is 1.52. The molecule has 11 heteroatoms. The van der Waals surface area contributed by atoms with E-state index in [1.165, 1.54) is 11.8 Å². The van der Waals surface area contributed by atoms with Crippen LogP contribution in [0.5, 0.6) is 0 Å². The number of rotatable bonds is 10. The summed E-state index contributed by atoms with van der Waals surface area (Å²) in [4.78, 5) is 27.0. The fraction of sp³-hybridized carbons (Fsp3) is 0.565. The molecule has 1 saturated carbocycles. The van der Waals surface area contributed by atoms with E-state index < -0.39 is 5.41 Å². The highest BCUT2D eigenvalue weighted by Crippen LogP contribution is 2.54. The van der Waals surface area contributed by atoms with E-state index >= 15 is 0 Å². The van der Waals surface area contributed by atoms with Crippen LogP contribution in [-0.4, -0.2) is 66.2 Å². The molecular weight excluding hydrogens is 517 g/mol. The van der Waals surface area contributed by atoms with Crippen molar-refractivity contribution in [3.8, 4) is 0 Å². The summed E-state index contributed by atoms with van der Waals surface area (Å²) in [5.74, 6) is 0.147. The van der Waals surface area contributed by atoms with Gasteiger partial charge in [0.15, 0.2) is 0 Å². The molecule has 1 amide bonds. The van der Waals surface area contributed by atoms with Gasteiger partial charge in [-0.05, 0) is 42.9 Å². The first-order valence-corrected chi connectivity index (χ1v) is 14.1. The first-order chi connectivity index (χ1) is 16.4. The zero-order chi connectivity index (χ0) is 24.1. The van der Waals surface area contributed by atoms with Gasteiger partial charge in [0.25, 0.3) is 0 Å². The minimum Gasteiger partial charge on any atom is -0.465 e. The third-order valence-corrected chi connectivity index (χ3v) is 9.09. The minimum atomic E-state index is -0.498. The van der Waals surface area contributed by atoms with Crippen LogP contribution in [0.4, 0.5) is 0 Å². The number of ether oxygens (including phenoxy) is 2. The van der Waals surface area contributed by atoms with Gasteiger partial charge >= 0.3 is 5.97 Å². The molecule has 3 aliphatic rings. The highest BCUT2D eigenvalue weighted by molar-refractivity contribution is 8.18. The van der Waals surface area contributed by atoms with Gasteiger partial charge in [0.2, 0.25) is 5.91 Å². The molecule has 186 valence electrons. The Morgan fingerprint density at radius 2 is 2.18 bits per heavy atom. The first-order valence-electron chi connectivity index (χ1n) is 11.4. The zero-order valence-electron chi connectivity index (χ0n) is 19.0. The maximum Gasteiger partial charge on any atom is 0.318 e. The maximum absolute atomic E-state index is 12.4. The van der Waals surface area contributed by atoms with E-state index in [1.807, 2.05) is 30.5 Å². The van der Waals surface area contributed by atoms with Crippen molar-refractivity contribution in [3.63, 3.8) is 0 Å². The predicted octanol–water partition coefficient (Wildman–Crippen LogP) is 3.85. The molecule has 1 aliphatic carbocycles. The molecular formula is C23H29Cl2N3O4S2. The Morgan fingerprint density at radius 1 is 1.35 bits per heavy atom. The van der Waals surface area contributed by atoms with Crippen molar-refractivity contribution in [2.75, 3.05) is 38.6 Å². The van der Waals surface area contributed by atoms with Crippen molar-refractivity contribution in [2.45, 2.75) is 37.1 Å². The fourth-order valence-corrected chi connectivity index (χ4v) is 6.38. The molecule has 1 saturated heterocycles. The smallest absolute Gasteiger partial charge is 0.318 e. The Labute approximate surface area is 218 Å². The largest absolute Gasteiger partial charge is 0.465 e. The number of nitrogens with zero attached hydrogens (tertiary/aromatic N) is 1. The van der Waals surface area contributed by atoms with Gasteiger partial charge in [-0.15, -0.1) is 11.8 Å². The SMILES string of the molecule is CCOC(=O)C1(C2=CSC(SCC(=O)NC[C@H]3CN(Cc4ccc(Cl)c(Cl)c4)CCO3)N2)CC1. The second-order valence-corrected chi connectivity index (χ2v) is 11.7. The van der Waals surface area contributed by atoms with Crippen LogP contribution in [0.3, 0.4) is 0 Å². The number of benzene rings is 1. The second-order valence-electron chi connectivity index (χ2n) is 8.54. The van der Waals surface area contributed by atoms with Crippen LogP contribution in [0, 0.1) is 5.41 Å². The Bertz CT molecular complexity index is 945. The van der Waals surface area contributed by atoms with Crippen LogP contribution in [0.15, 0.2) is 29.3 Å². The molecule has 1 aromatic rings. The van der Waals surface area contributed by atoms with Crippen LogP contribution in [0.1, 0.15) is 25.3 Å². The van der Waals surface area contributed by atoms with Crippen LogP contribution < -0.4 is 10.6 Å². The van der Waals surface area contributed by atoms with Crippen molar-refractivity contribution < 1.29 is 19.1 Å². The molecule has 1 unspecified atom stereocenters. The lowest BCUT2D eigenvalue weighted by Crippen LogP contribution is -2.47. The van der Waals surface area contributed by atoms with E-state index in [9.17, 15) is 9.59 Å². The van der Waals surface area contributed by atoms with Crippen LogP contribution >= 0.6 is 46.7 Å². The van der Waals surface area contributed by atoms with Gasteiger partial charge in [-0.2, -0.15) is 0 Å². The number of carbonyl (C=O) groups is 2. The summed E-state index contributed by atoms with van der Waals surface area (Å²) in [6.45, 7) is 5.62. The summed E-state index contributed by atoms with van der Waals surface area (Å²) in [7, 11) is 0. The molecule has 2 N–H and O–H groups in total. The second kappa shape index (κ2) is 11.8. The third kappa shape index (κ3) is 6.56. The number of amides is 1. The summed E-state index contributed by atoms with van der Waals surface area (Å²) in [5, 5.41) is 9.48. The van der Waals surface area contributed by atoms with Gasteiger partial charge in [-0.1, -0.05) is 41.0 Å². The number of halogens is 2. The molecule has 2 fully saturated rings. The van der Waals surface area contributed by atoms with E-state index in [0.717, 1.165) is 43.7 Å². The van der Waals surface area contributed by atoms with Crippen molar-refractivity contribution in [2.24, 2.45) is 5.41 Å². The quantitative estimate of drug-likeness (QED) is 0.429. The molecule has 0 radical (unpaired) electrons. The molecule has 2 atom stereocenters. The molecule has 0 aromatic heterocycles. The molecule has 2 aliphatic heterocycles. The van der Waals surface area contributed by atoms with Gasteiger partial charge in [-0.3, -0.25) is 14.5 Å². The first kappa shape index (κ1) is 26.0. The summed E-state index contributed by atoms with van der Waals surface area (Å²) in [6.07, 6.45) is 1.57. The van der Waals surface area contributed by atoms with E-state index in [2.05, 4.69) is 15.5 Å². The van der Waals surface area contributed by atoms with E-state index in [4.69, 9.17) is 32.7 Å². The van der Waals surface area contributed by atoms with Crippen molar-refractivity contribution >= 4 is 58.6 Å². The lowest BCUT2D eigenvalue weighted by Gasteiger charge is -2.33. The van der Waals surface area contributed by atoms with Gasteiger partial charge in [0, 0.05) is 31.9 Å². The van der Waals surface area contributed by atoms with Crippen LogP contribution in [-0.2, 0) is 25.6 Å². The molecule has 1 aromatic carbocycles. The monoisotopic (exact) mass is 545 g/mol. The Morgan fingerprint density at radius 3 is 2.91 bits per heavy atom. The highest BCUT2D eigenvalue weighted by Gasteiger charge is 2.55. The normalized spacial score (nSPS) is 23.7. The molecule has 2 heterocycles. The molecule has 34 heavy (non-hydrogen) atoms. The van der Waals surface area contributed by atoms with Crippen LogP contribution in [0.2, 0.25) is 10.0 Å². The Balaban J connectivity index is 1.15. The lowest BCUT2D eigenvalue weighted by molar-refractivity contribution is -0.148. The Kier molecular flexibility index (Phi) is 8.98. The number of nitrogens with one attached hydrogen (secondary N) is 2. The fourth-order valence-electron chi connectivity index (χ4n) is 4.01. The predicted molar refractivity (Wildman–Crippen MR) is 138 cm³/mol. The third-order valence-electron chi connectivity index (χ3n) is 6.02. The zero-order valence-corrected chi connectivity index (χ0v) is 22.1. The van der Waals surface area contributed by atoms with Crippen molar-refractivity contribution in [1.82, 2.24) is 15.5 Å². The minimum absolute atomic E-state index is 0.0141. The van der Waals surface area contributed by atoms with Gasteiger partial charge in [-0.25, -0.2) is 0 Å². The summed E-state index contributed by atoms with van der Waals surface area (Å²) < 4.78 is 11.1. The van der Waals surface area contributed by atoms with E-state index in [1.54, 1.807) is 11.8 Å². The summed E-state index contributed by atoms with van der Waals surface area (Å²) in [6, 6.07) is 5.68. The number of hydrogen-bond donors (Lipinski definition) is 2. The highest BCUT2D eigenvalue weighted by atomic mass is 35.5. The number of morpholine rings is 1. The lowest BCUT2D eigenvalue weighted by atomic mass is 10.0. The standard InChI is InChI=1S/C23H29Cl2N3O4S2/c1-2-31-21(30)23(5-6-23)19-13-33-22(27-19)34-14-20(29)26-10-16-12-28(7-8-32-16)11-15-3-4-17(24)18(25)9-15/h3-4,9,13,16,22,27H,2,5-8,10-12,14H2,1H3,(H,26,29)/t16-,22?/m0/s1. The van der Waals surface area contributed by atoms with Crippen LogP contribution in [0.25, 0.3) is 0 Å². The van der Waals surface area contributed by atoms with Gasteiger partial charge in [0.05, 0.1) is 35.1 Å². The average molecular weight is 547 g/mol. The number of hydrogen-bond acceptors (Lipinski definition) is 8. The average Bonchev–Trinajstić information content (AvgIpc) is 3.50. The molecule has 4 rings (SSSR count). The number of esters is 1. The van der Waals surface area contributed by atoms with E-state index in [-0.39, 0.29) is 22.7 Å². The van der Waals surface area contributed by atoms with Crippen molar-refractivity contribution in [1.29, 1.82) is 0 Å². The topological polar surface area (TPSA) is 79.9 Å². The van der Waals surface area contributed by atoms with E-state index in [0.29, 0.717) is 35.6 Å². The van der Waals surface area contributed by atoms with Crippen molar-refractivity contribution in [3.05, 3.63) is 44.9 Å². The molecule has 7 nitrogen and oxygen atoms in total. The van der Waals surface area contributed by atoms with Gasteiger partial charge < -0.3 is 20.1 Å². The Hall–Kier alpha value is -1.10. The molecule has 0 bridgehead atoms. The molecule has 0 spiro atoms. The maximum atomic E-state index is 12.4.